The van der Waals surface area contributed by atoms with Crippen molar-refractivity contribution in [3.05, 3.63) is 24.5 Å². The second kappa shape index (κ2) is 4.20. The third-order valence-electron chi connectivity index (χ3n) is 3.27. The summed E-state index contributed by atoms with van der Waals surface area (Å²) >= 11 is 0. The van der Waals surface area contributed by atoms with E-state index >= 15 is 0 Å². The van der Waals surface area contributed by atoms with Gasteiger partial charge in [0, 0.05) is 32.3 Å². The Bertz CT molecular complexity index is 558. The van der Waals surface area contributed by atoms with Crippen molar-refractivity contribution in [3.8, 4) is 0 Å². The number of nitrogens with zero attached hydrogens (tertiary/aromatic N) is 4. The molecule has 6 heteroatoms. The summed E-state index contributed by atoms with van der Waals surface area (Å²) in [6.45, 7) is 1.13. The number of halogens is 1. The van der Waals surface area contributed by atoms with Crippen LogP contribution >= 0.6 is 0 Å². The van der Waals surface area contributed by atoms with Crippen molar-refractivity contribution in [2.24, 2.45) is 0 Å². The van der Waals surface area contributed by atoms with Gasteiger partial charge in [0.05, 0.1) is 19.3 Å². The van der Waals surface area contributed by atoms with E-state index in [9.17, 15) is 4.39 Å². The lowest BCUT2D eigenvalue weighted by Crippen LogP contribution is -2.33. The monoisotopic (exact) mass is 250 g/mol. The van der Waals surface area contributed by atoms with Gasteiger partial charge in [-0.2, -0.15) is 5.10 Å². The number of hydrogen-bond donors (Lipinski definition) is 0. The first-order chi connectivity index (χ1) is 8.70. The van der Waals surface area contributed by atoms with E-state index in [1.807, 2.05) is 23.2 Å². The summed E-state index contributed by atoms with van der Waals surface area (Å²) < 4.78 is 20.9. The number of aromatic nitrogens is 3. The van der Waals surface area contributed by atoms with Crippen LogP contribution in [0.1, 0.15) is 6.42 Å². The molecular weight excluding hydrogens is 235 g/mol. The molecule has 1 atom stereocenters. The Balaban J connectivity index is 1.83. The summed E-state index contributed by atoms with van der Waals surface area (Å²) in [5.41, 5.74) is -0.487. The van der Waals surface area contributed by atoms with E-state index in [-0.39, 0.29) is 6.61 Å². The van der Waals surface area contributed by atoms with Crippen molar-refractivity contribution in [2.45, 2.75) is 12.1 Å². The predicted molar refractivity (Wildman–Crippen MR) is 65.5 cm³/mol. The number of hydrogen-bond acceptors (Lipinski definition) is 4. The Kier molecular flexibility index (Phi) is 2.66. The van der Waals surface area contributed by atoms with E-state index in [1.54, 1.807) is 10.7 Å². The normalized spacial score (nSPS) is 24.0. The van der Waals surface area contributed by atoms with Crippen LogP contribution in [0.4, 0.5) is 10.2 Å². The molecule has 2 aromatic heterocycles. The molecule has 1 fully saturated rings. The van der Waals surface area contributed by atoms with Crippen LogP contribution in [-0.2, 0) is 4.74 Å². The first-order valence-electron chi connectivity index (χ1n) is 5.93. The lowest BCUT2D eigenvalue weighted by atomic mass is 10.1. The minimum Gasteiger partial charge on any atom is -0.381 e. The number of rotatable bonds is 3. The molecule has 3 rings (SSSR count). The molecule has 0 aromatic carbocycles. The van der Waals surface area contributed by atoms with Gasteiger partial charge >= 0.3 is 0 Å². The Morgan fingerprint density at radius 3 is 3.22 bits per heavy atom. The van der Waals surface area contributed by atoms with Gasteiger partial charge in [0.2, 0.25) is 0 Å². The van der Waals surface area contributed by atoms with Gasteiger partial charge in [-0.3, -0.25) is 0 Å². The Hall–Kier alpha value is -1.69. The van der Waals surface area contributed by atoms with E-state index in [0.29, 0.717) is 19.5 Å². The van der Waals surface area contributed by atoms with E-state index in [1.165, 1.54) is 7.11 Å². The lowest BCUT2D eigenvalue weighted by molar-refractivity contribution is 0.0570. The molecule has 0 aliphatic carbocycles. The number of anilines is 1. The summed E-state index contributed by atoms with van der Waals surface area (Å²) in [6.07, 6.45) is 4.01. The SMILES string of the molecule is COCC1(F)CCN(c2ccn3nccc3n2)C1. The zero-order valence-corrected chi connectivity index (χ0v) is 10.2. The quantitative estimate of drug-likeness (QED) is 0.823. The van der Waals surface area contributed by atoms with E-state index in [4.69, 9.17) is 4.74 Å². The highest BCUT2D eigenvalue weighted by atomic mass is 19.1. The highest BCUT2D eigenvalue weighted by molar-refractivity contribution is 5.48. The molecule has 0 amide bonds. The second-order valence-electron chi connectivity index (χ2n) is 4.68. The predicted octanol–water partition coefficient (Wildman–Crippen LogP) is 1.29. The molecule has 2 aromatic rings. The summed E-state index contributed by atoms with van der Waals surface area (Å²) in [5, 5.41) is 4.09. The van der Waals surface area contributed by atoms with Gasteiger partial charge < -0.3 is 9.64 Å². The van der Waals surface area contributed by atoms with E-state index in [0.717, 1.165) is 11.5 Å². The van der Waals surface area contributed by atoms with Gasteiger partial charge in [0.1, 0.15) is 5.82 Å². The van der Waals surface area contributed by atoms with Crippen molar-refractivity contribution in [1.82, 2.24) is 14.6 Å². The first-order valence-corrected chi connectivity index (χ1v) is 5.93. The van der Waals surface area contributed by atoms with Crippen molar-refractivity contribution in [1.29, 1.82) is 0 Å². The van der Waals surface area contributed by atoms with E-state index < -0.39 is 5.67 Å². The zero-order chi connectivity index (χ0) is 12.6. The van der Waals surface area contributed by atoms with Crippen LogP contribution in [0.25, 0.3) is 5.65 Å². The van der Waals surface area contributed by atoms with Gasteiger partial charge in [0.15, 0.2) is 11.3 Å². The van der Waals surface area contributed by atoms with Crippen molar-refractivity contribution >= 4 is 11.5 Å². The second-order valence-corrected chi connectivity index (χ2v) is 4.68. The van der Waals surface area contributed by atoms with Gasteiger partial charge in [0.25, 0.3) is 0 Å². The van der Waals surface area contributed by atoms with Gasteiger partial charge in [-0.1, -0.05) is 0 Å². The van der Waals surface area contributed by atoms with Crippen molar-refractivity contribution in [3.63, 3.8) is 0 Å². The Labute approximate surface area is 104 Å². The third-order valence-corrected chi connectivity index (χ3v) is 3.27. The zero-order valence-electron chi connectivity index (χ0n) is 10.2. The molecule has 3 heterocycles. The summed E-state index contributed by atoms with van der Waals surface area (Å²) in [7, 11) is 1.53. The van der Waals surface area contributed by atoms with Crippen molar-refractivity contribution in [2.75, 3.05) is 31.7 Å². The molecule has 1 aliphatic heterocycles. The maximum Gasteiger partial charge on any atom is 0.157 e. The number of methoxy groups -OCH3 is 1. The molecule has 0 bridgehead atoms. The molecule has 96 valence electrons. The molecule has 1 saturated heterocycles. The van der Waals surface area contributed by atoms with Crippen molar-refractivity contribution < 1.29 is 9.13 Å². The summed E-state index contributed by atoms with van der Waals surface area (Å²) in [4.78, 5) is 6.41. The molecule has 0 N–H and O–H groups in total. The molecule has 18 heavy (non-hydrogen) atoms. The van der Waals surface area contributed by atoms with Crippen LogP contribution in [0.15, 0.2) is 24.5 Å². The highest BCUT2D eigenvalue weighted by Gasteiger charge is 2.38. The molecule has 1 unspecified atom stereocenters. The number of ether oxygens (including phenoxy) is 1. The summed E-state index contributed by atoms with van der Waals surface area (Å²) in [5.74, 6) is 0.790. The summed E-state index contributed by atoms with van der Waals surface area (Å²) in [6, 6.07) is 3.69. The van der Waals surface area contributed by atoms with Gasteiger partial charge in [-0.25, -0.2) is 13.9 Å². The van der Waals surface area contributed by atoms with Gasteiger partial charge in [-0.05, 0) is 6.07 Å². The molecule has 5 nitrogen and oxygen atoms in total. The molecule has 1 aliphatic rings. The minimum atomic E-state index is -1.26. The fourth-order valence-corrected chi connectivity index (χ4v) is 2.39. The van der Waals surface area contributed by atoms with Crippen LogP contribution in [0.5, 0.6) is 0 Å². The number of fused-ring (bicyclic) bond motifs is 1. The van der Waals surface area contributed by atoms with Crippen LogP contribution < -0.4 is 4.90 Å². The molecule has 0 spiro atoms. The lowest BCUT2D eigenvalue weighted by Gasteiger charge is -2.20. The third kappa shape index (κ3) is 1.92. The Morgan fingerprint density at radius 2 is 2.39 bits per heavy atom. The first kappa shape index (κ1) is 11.4. The Morgan fingerprint density at radius 1 is 1.50 bits per heavy atom. The van der Waals surface area contributed by atoms with E-state index in [2.05, 4.69) is 10.1 Å². The van der Waals surface area contributed by atoms with Crippen LogP contribution in [0.3, 0.4) is 0 Å². The fraction of sp³-hybridized carbons (Fsp3) is 0.500. The van der Waals surface area contributed by atoms with Crippen LogP contribution in [0.2, 0.25) is 0 Å². The van der Waals surface area contributed by atoms with Crippen LogP contribution in [0, 0.1) is 0 Å². The smallest absolute Gasteiger partial charge is 0.157 e. The standard InChI is InChI=1S/C12H15FN4O/c1-18-9-12(13)4-7-16(8-12)10-3-6-17-11(15-10)2-5-14-17/h2-3,5-6H,4,7-9H2,1H3. The highest BCUT2D eigenvalue weighted by Crippen LogP contribution is 2.29. The number of alkyl halides is 1. The van der Waals surface area contributed by atoms with Crippen LogP contribution in [-0.4, -0.2) is 47.1 Å². The topological polar surface area (TPSA) is 42.7 Å². The minimum absolute atomic E-state index is 0.137. The molecular formula is C12H15FN4O. The molecule has 0 radical (unpaired) electrons. The maximum absolute atomic E-state index is 14.3. The average molecular weight is 250 g/mol. The largest absolute Gasteiger partial charge is 0.381 e. The van der Waals surface area contributed by atoms with Gasteiger partial charge in [-0.15, -0.1) is 0 Å². The molecule has 0 saturated carbocycles. The fourth-order valence-electron chi connectivity index (χ4n) is 2.39. The maximum atomic E-state index is 14.3. The average Bonchev–Trinajstić information content (AvgIpc) is 2.95.